The van der Waals surface area contributed by atoms with Gasteiger partial charge in [0.05, 0.1) is 6.61 Å². The number of nitrogens with zero attached hydrogens (tertiary/aromatic N) is 1. The van der Waals surface area contributed by atoms with Crippen molar-refractivity contribution in [2.24, 2.45) is 0 Å². The van der Waals surface area contributed by atoms with E-state index in [0.717, 1.165) is 24.4 Å². The first kappa shape index (κ1) is 13.5. The number of hydrogen-bond donors (Lipinski definition) is 2. The Morgan fingerprint density at radius 1 is 1.42 bits per heavy atom. The van der Waals surface area contributed by atoms with Gasteiger partial charge >= 0.3 is 0 Å². The van der Waals surface area contributed by atoms with E-state index < -0.39 is 0 Å². The first-order valence-electron chi connectivity index (χ1n) is 6.73. The predicted molar refractivity (Wildman–Crippen MR) is 76.5 cm³/mol. The number of rotatable bonds is 4. The van der Waals surface area contributed by atoms with E-state index in [1.54, 1.807) is 6.07 Å². The summed E-state index contributed by atoms with van der Waals surface area (Å²) >= 11 is 0. The molecule has 1 unspecified atom stereocenters. The second-order valence-corrected chi connectivity index (χ2v) is 4.60. The Hall–Kier alpha value is -1.91. The molecule has 1 aromatic carbocycles. The highest BCUT2D eigenvalue weighted by Crippen LogP contribution is 2.28. The maximum atomic E-state index is 11.9. The van der Waals surface area contributed by atoms with Crippen LogP contribution in [0.3, 0.4) is 0 Å². The Labute approximate surface area is 113 Å². The summed E-state index contributed by atoms with van der Waals surface area (Å²) in [4.78, 5) is 14.0. The molecule has 1 heterocycles. The van der Waals surface area contributed by atoms with Crippen LogP contribution >= 0.6 is 0 Å². The molecule has 1 saturated heterocycles. The van der Waals surface area contributed by atoms with E-state index in [9.17, 15) is 4.79 Å². The van der Waals surface area contributed by atoms with Gasteiger partial charge in [-0.15, -0.1) is 0 Å². The van der Waals surface area contributed by atoms with Crippen LogP contribution in [-0.4, -0.2) is 31.6 Å². The van der Waals surface area contributed by atoms with Crippen molar-refractivity contribution < 1.29 is 9.53 Å². The fourth-order valence-electron chi connectivity index (χ4n) is 2.45. The highest BCUT2D eigenvalue weighted by atomic mass is 16.5. The Morgan fingerprint density at radius 3 is 2.89 bits per heavy atom. The molecular formula is C14H21N3O2. The standard InChI is InChI=1S/C14H21N3O2/c1-3-13-14(18)16-5-6-17(13)11-7-10(15)8-12(9-11)19-4-2/h7-9,13H,3-6,15H2,1-2H3,(H,16,18). The molecule has 104 valence electrons. The molecule has 0 aromatic heterocycles. The van der Waals surface area contributed by atoms with Crippen molar-refractivity contribution in [2.75, 3.05) is 30.3 Å². The second kappa shape index (κ2) is 5.82. The summed E-state index contributed by atoms with van der Waals surface area (Å²) < 4.78 is 5.51. The molecule has 19 heavy (non-hydrogen) atoms. The molecule has 0 bridgehead atoms. The molecule has 0 saturated carbocycles. The lowest BCUT2D eigenvalue weighted by atomic mass is 10.1. The molecule has 1 aromatic rings. The molecule has 1 atom stereocenters. The molecule has 5 nitrogen and oxygen atoms in total. The molecule has 1 fully saturated rings. The third-order valence-electron chi connectivity index (χ3n) is 3.27. The Bertz CT molecular complexity index is 462. The lowest BCUT2D eigenvalue weighted by Gasteiger charge is -2.36. The summed E-state index contributed by atoms with van der Waals surface area (Å²) in [6.07, 6.45) is 0.768. The van der Waals surface area contributed by atoms with Gasteiger partial charge in [-0.25, -0.2) is 0 Å². The van der Waals surface area contributed by atoms with Crippen LogP contribution in [0.5, 0.6) is 5.75 Å². The van der Waals surface area contributed by atoms with Crippen LogP contribution in [0.1, 0.15) is 20.3 Å². The molecule has 2 rings (SSSR count). The van der Waals surface area contributed by atoms with Crippen LogP contribution in [0.2, 0.25) is 0 Å². The predicted octanol–water partition coefficient (Wildman–Crippen LogP) is 1.38. The van der Waals surface area contributed by atoms with Crippen LogP contribution in [0.25, 0.3) is 0 Å². The lowest BCUT2D eigenvalue weighted by Crippen LogP contribution is -2.55. The molecule has 3 N–H and O–H groups in total. The number of benzene rings is 1. The van der Waals surface area contributed by atoms with Crippen molar-refractivity contribution in [3.05, 3.63) is 18.2 Å². The van der Waals surface area contributed by atoms with Gasteiger partial charge in [0.25, 0.3) is 0 Å². The normalized spacial score (nSPS) is 19.2. The zero-order chi connectivity index (χ0) is 13.8. The van der Waals surface area contributed by atoms with Gasteiger partial charge < -0.3 is 20.7 Å². The summed E-state index contributed by atoms with van der Waals surface area (Å²) in [5, 5.41) is 2.89. The minimum absolute atomic E-state index is 0.0779. The van der Waals surface area contributed by atoms with Crippen molar-refractivity contribution in [1.29, 1.82) is 0 Å². The molecule has 0 radical (unpaired) electrons. The zero-order valence-electron chi connectivity index (χ0n) is 11.5. The number of nitrogens with one attached hydrogen (secondary N) is 1. The van der Waals surface area contributed by atoms with Gasteiger partial charge in [-0.3, -0.25) is 4.79 Å². The highest BCUT2D eigenvalue weighted by molar-refractivity contribution is 5.86. The summed E-state index contributed by atoms with van der Waals surface area (Å²) in [6.45, 7) is 6.00. The van der Waals surface area contributed by atoms with E-state index in [2.05, 4.69) is 10.2 Å². The quantitative estimate of drug-likeness (QED) is 0.805. The van der Waals surface area contributed by atoms with E-state index in [1.807, 2.05) is 26.0 Å². The Kier molecular flexibility index (Phi) is 4.14. The van der Waals surface area contributed by atoms with Crippen LogP contribution in [0, 0.1) is 0 Å². The number of carbonyl (C=O) groups is 1. The third kappa shape index (κ3) is 2.92. The fraction of sp³-hybridized carbons (Fsp3) is 0.500. The largest absolute Gasteiger partial charge is 0.494 e. The maximum Gasteiger partial charge on any atom is 0.242 e. The van der Waals surface area contributed by atoms with E-state index in [1.165, 1.54) is 0 Å². The number of amides is 1. The number of nitrogen functional groups attached to an aromatic ring is 1. The van der Waals surface area contributed by atoms with Gasteiger partial charge in [-0.1, -0.05) is 6.92 Å². The van der Waals surface area contributed by atoms with Gasteiger partial charge in [-0.05, 0) is 19.4 Å². The maximum absolute atomic E-state index is 11.9. The highest BCUT2D eigenvalue weighted by Gasteiger charge is 2.28. The van der Waals surface area contributed by atoms with Gasteiger partial charge in [0.2, 0.25) is 5.91 Å². The third-order valence-corrected chi connectivity index (χ3v) is 3.27. The van der Waals surface area contributed by atoms with Crippen molar-refractivity contribution in [1.82, 2.24) is 5.32 Å². The van der Waals surface area contributed by atoms with Crippen LogP contribution < -0.4 is 20.7 Å². The van der Waals surface area contributed by atoms with E-state index in [0.29, 0.717) is 18.8 Å². The van der Waals surface area contributed by atoms with Crippen molar-refractivity contribution in [3.8, 4) is 5.75 Å². The monoisotopic (exact) mass is 263 g/mol. The molecule has 0 spiro atoms. The molecule has 5 heteroatoms. The summed E-state index contributed by atoms with van der Waals surface area (Å²) in [6, 6.07) is 5.51. The van der Waals surface area contributed by atoms with Gasteiger partial charge in [0.1, 0.15) is 11.8 Å². The lowest BCUT2D eigenvalue weighted by molar-refractivity contribution is -0.123. The molecule has 1 amide bonds. The van der Waals surface area contributed by atoms with Crippen LogP contribution in [0.4, 0.5) is 11.4 Å². The Balaban J connectivity index is 2.31. The molecule has 1 aliphatic heterocycles. The first-order chi connectivity index (χ1) is 9.15. The number of hydrogen-bond acceptors (Lipinski definition) is 4. The SMILES string of the molecule is CCOc1cc(N)cc(N2CCNC(=O)C2CC)c1. The van der Waals surface area contributed by atoms with Gasteiger partial charge in [0, 0.05) is 36.6 Å². The van der Waals surface area contributed by atoms with E-state index >= 15 is 0 Å². The van der Waals surface area contributed by atoms with Crippen molar-refractivity contribution in [2.45, 2.75) is 26.3 Å². The Morgan fingerprint density at radius 2 is 2.21 bits per heavy atom. The minimum Gasteiger partial charge on any atom is -0.494 e. The average Bonchev–Trinajstić information content (AvgIpc) is 2.38. The summed E-state index contributed by atoms with van der Waals surface area (Å²) in [5.74, 6) is 0.826. The van der Waals surface area contributed by atoms with E-state index in [4.69, 9.17) is 10.5 Å². The number of carbonyl (C=O) groups excluding carboxylic acids is 1. The van der Waals surface area contributed by atoms with Gasteiger partial charge in [0.15, 0.2) is 0 Å². The number of anilines is 2. The summed E-state index contributed by atoms with van der Waals surface area (Å²) in [7, 11) is 0. The topological polar surface area (TPSA) is 67.6 Å². The first-order valence-corrected chi connectivity index (χ1v) is 6.73. The minimum atomic E-state index is -0.134. The number of nitrogens with two attached hydrogens (primary N) is 1. The number of ether oxygens (including phenoxy) is 1. The molecule has 0 aliphatic carbocycles. The molecule has 1 aliphatic rings. The van der Waals surface area contributed by atoms with Crippen LogP contribution in [0.15, 0.2) is 18.2 Å². The van der Waals surface area contributed by atoms with Gasteiger partial charge in [-0.2, -0.15) is 0 Å². The fourth-order valence-corrected chi connectivity index (χ4v) is 2.45. The molecular weight excluding hydrogens is 242 g/mol. The average molecular weight is 263 g/mol. The van der Waals surface area contributed by atoms with Crippen LogP contribution in [-0.2, 0) is 4.79 Å². The second-order valence-electron chi connectivity index (χ2n) is 4.60. The number of piperazine rings is 1. The van der Waals surface area contributed by atoms with E-state index in [-0.39, 0.29) is 11.9 Å². The summed E-state index contributed by atoms with van der Waals surface area (Å²) in [5.41, 5.74) is 7.51. The zero-order valence-corrected chi connectivity index (χ0v) is 11.5. The van der Waals surface area contributed by atoms with Crippen molar-refractivity contribution in [3.63, 3.8) is 0 Å². The van der Waals surface area contributed by atoms with Crippen molar-refractivity contribution >= 4 is 17.3 Å². The smallest absolute Gasteiger partial charge is 0.242 e.